The van der Waals surface area contributed by atoms with E-state index in [2.05, 4.69) is 6.58 Å². The fourth-order valence-corrected chi connectivity index (χ4v) is 4.18. The fraction of sp³-hybridized carbons (Fsp3) is 0.824. The molecule has 0 amide bonds. The fourth-order valence-electron chi connectivity index (χ4n) is 3.69. The highest BCUT2D eigenvalue weighted by molar-refractivity contribution is 7.94. The molecule has 0 heterocycles. The van der Waals surface area contributed by atoms with Gasteiger partial charge in [0.1, 0.15) is 0 Å². The third kappa shape index (κ3) is 4.08. The second kappa shape index (κ2) is 6.82. The number of alkyl halides is 3. The Bertz CT molecular complexity index is 665. The molecule has 4 atom stereocenters. The van der Waals surface area contributed by atoms with Crippen molar-refractivity contribution in [3.05, 3.63) is 12.0 Å². The Kier molecular flexibility index (Phi) is 5.56. The lowest BCUT2D eigenvalue weighted by Crippen LogP contribution is -2.55. The molecule has 2 fully saturated rings. The number of carbonyl (C=O) groups is 1. The molecule has 4 unspecified atom stereocenters. The Hall–Kier alpha value is -1.09. The van der Waals surface area contributed by atoms with Crippen molar-refractivity contribution in [1.29, 1.82) is 0 Å². The summed E-state index contributed by atoms with van der Waals surface area (Å²) in [5.41, 5.74) is -3.51. The Morgan fingerprint density at radius 3 is 2.31 bits per heavy atom. The molecule has 26 heavy (non-hydrogen) atoms. The summed E-state index contributed by atoms with van der Waals surface area (Å²) in [5, 5.41) is 0.831. The van der Waals surface area contributed by atoms with Gasteiger partial charge in [0.15, 0.2) is 9.84 Å². The van der Waals surface area contributed by atoms with E-state index in [0.29, 0.717) is 0 Å². The third-order valence-corrected chi connectivity index (χ3v) is 6.42. The lowest BCUT2D eigenvalue weighted by atomic mass is 9.81. The largest absolute Gasteiger partial charge is 0.449 e. The zero-order valence-electron chi connectivity index (χ0n) is 15.1. The molecular formula is C17H25F3O5S. The van der Waals surface area contributed by atoms with Crippen LogP contribution in [-0.2, 0) is 24.1 Å². The maximum Gasteiger partial charge on any atom is 0.428 e. The molecule has 0 saturated heterocycles. The first-order valence-electron chi connectivity index (χ1n) is 8.49. The summed E-state index contributed by atoms with van der Waals surface area (Å²) in [4.78, 5) is 12.1. The van der Waals surface area contributed by atoms with Gasteiger partial charge in [0.05, 0.1) is 23.9 Å². The van der Waals surface area contributed by atoms with E-state index in [1.807, 2.05) is 0 Å². The van der Waals surface area contributed by atoms with E-state index in [-0.39, 0.29) is 31.6 Å². The van der Waals surface area contributed by atoms with Crippen LogP contribution in [0.1, 0.15) is 40.0 Å². The molecule has 150 valence electrons. The molecule has 0 aromatic heterocycles. The van der Waals surface area contributed by atoms with Crippen molar-refractivity contribution in [2.75, 3.05) is 12.4 Å². The first-order chi connectivity index (χ1) is 11.7. The Morgan fingerprint density at radius 1 is 1.27 bits per heavy atom. The van der Waals surface area contributed by atoms with Gasteiger partial charge >= 0.3 is 12.1 Å². The summed E-state index contributed by atoms with van der Waals surface area (Å²) in [6.07, 6.45) is -5.12. The number of rotatable bonds is 6. The molecule has 2 saturated carbocycles. The SMILES string of the molecule is C=CS(=O)(=O)CCOC1CC2CC1CC2(OC(=O)C(C)(C)C)C(F)(F)F. The zero-order valence-corrected chi connectivity index (χ0v) is 16.0. The highest BCUT2D eigenvalue weighted by Crippen LogP contribution is 2.59. The standard InChI is InChI=1S/C17H25F3O5S/c1-5-26(22,23)7-6-24-13-9-12-8-11(13)10-16(12,17(18,19)20)25-14(21)15(2,3)4/h5,11-13H,1,6-10H2,2-4H3. The van der Waals surface area contributed by atoms with E-state index >= 15 is 0 Å². The minimum absolute atomic E-state index is 0.0930. The quantitative estimate of drug-likeness (QED) is 0.643. The van der Waals surface area contributed by atoms with Crippen molar-refractivity contribution in [2.45, 2.75) is 57.9 Å². The topological polar surface area (TPSA) is 69.7 Å². The minimum atomic E-state index is -4.66. The van der Waals surface area contributed by atoms with Crippen LogP contribution in [0, 0.1) is 17.3 Å². The third-order valence-electron chi connectivity index (χ3n) is 5.18. The molecule has 2 rings (SSSR count). The van der Waals surface area contributed by atoms with Crippen LogP contribution in [-0.4, -0.2) is 44.6 Å². The number of hydrogen-bond donors (Lipinski definition) is 0. The highest BCUT2D eigenvalue weighted by atomic mass is 32.2. The van der Waals surface area contributed by atoms with Crippen LogP contribution in [0.4, 0.5) is 13.2 Å². The Labute approximate surface area is 151 Å². The van der Waals surface area contributed by atoms with Crippen molar-refractivity contribution in [3.63, 3.8) is 0 Å². The maximum absolute atomic E-state index is 13.8. The van der Waals surface area contributed by atoms with Crippen LogP contribution in [0.2, 0.25) is 0 Å². The molecule has 0 aromatic rings. The van der Waals surface area contributed by atoms with E-state index < -0.39 is 50.9 Å². The van der Waals surface area contributed by atoms with E-state index in [0.717, 1.165) is 5.41 Å². The van der Waals surface area contributed by atoms with Gasteiger partial charge in [-0.25, -0.2) is 8.42 Å². The van der Waals surface area contributed by atoms with Gasteiger partial charge in [-0.1, -0.05) is 6.58 Å². The van der Waals surface area contributed by atoms with E-state index in [1.165, 1.54) is 20.8 Å². The van der Waals surface area contributed by atoms with Crippen molar-refractivity contribution in [1.82, 2.24) is 0 Å². The molecule has 9 heteroatoms. The molecule has 0 aliphatic heterocycles. The smallest absolute Gasteiger partial charge is 0.428 e. The summed E-state index contributed by atoms with van der Waals surface area (Å²) in [5.74, 6) is -2.43. The van der Waals surface area contributed by atoms with Crippen molar-refractivity contribution in [2.24, 2.45) is 17.3 Å². The second-order valence-corrected chi connectivity index (χ2v) is 10.2. The van der Waals surface area contributed by atoms with Gasteiger partial charge in [0, 0.05) is 17.7 Å². The van der Waals surface area contributed by atoms with Crippen LogP contribution in [0.25, 0.3) is 0 Å². The van der Waals surface area contributed by atoms with Crippen LogP contribution in [0.5, 0.6) is 0 Å². The van der Waals surface area contributed by atoms with Gasteiger partial charge in [-0.3, -0.25) is 4.79 Å². The Balaban J connectivity index is 2.07. The predicted octanol–water partition coefficient (Wildman–Crippen LogP) is 3.25. The normalized spacial score (nSPS) is 31.8. The van der Waals surface area contributed by atoms with Crippen molar-refractivity contribution >= 4 is 15.8 Å². The first-order valence-corrected chi connectivity index (χ1v) is 10.2. The predicted molar refractivity (Wildman–Crippen MR) is 88.9 cm³/mol. The number of esters is 1. The van der Waals surface area contributed by atoms with E-state index in [9.17, 15) is 26.4 Å². The Morgan fingerprint density at radius 2 is 1.88 bits per heavy atom. The van der Waals surface area contributed by atoms with Crippen LogP contribution >= 0.6 is 0 Å². The maximum atomic E-state index is 13.8. The summed E-state index contributed by atoms with van der Waals surface area (Å²) in [6.45, 7) is 7.64. The van der Waals surface area contributed by atoms with Gasteiger partial charge < -0.3 is 9.47 Å². The number of sulfone groups is 1. The minimum Gasteiger partial charge on any atom is -0.449 e. The summed E-state index contributed by atoms with van der Waals surface area (Å²) in [7, 11) is -3.41. The molecule has 2 aliphatic rings. The summed E-state index contributed by atoms with van der Waals surface area (Å²) >= 11 is 0. The lowest BCUT2D eigenvalue weighted by Gasteiger charge is -2.41. The molecule has 0 N–H and O–H groups in total. The van der Waals surface area contributed by atoms with Gasteiger partial charge in [-0.15, -0.1) is 0 Å². The molecule has 5 nitrogen and oxygen atoms in total. The van der Waals surface area contributed by atoms with Crippen LogP contribution in [0.3, 0.4) is 0 Å². The first kappa shape index (κ1) is 21.2. The molecule has 0 aromatic carbocycles. The molecule has 2 bridgehead atoms. The number of ether oxygens (including phenoxy) is 2. The summed E-state index contributed by atoms with van der Waals surface area (Å²) in [6, 6.07) is 0. The van der Waals surface area contributed by atoms with E-state index in [4.69, 9.17) is 9.47 Å². The average molecular weight is 398 g/mol. The van der Waals surface area contributed by atoms with Crippen molar-refractivity contribution < 1.29 is 35.9 Å². The zero-order chi connectivity index (χ0) is 20.0. The number of carbonyl (C=O) groups excluding carboxylic acids is 1. The van der Waals surface area contributed by atoms with Crippen LogP contribution < -0.4 is 0 Å². The number of fused-ring (bicyclic) bond motifs is 2. The second-order valence-electron chi connectivity index (χ2n) is 8.10. The highest BCUT2D eigenvalue weighted by Gasteiger charge is 2.70. The number of halogens is 3. The van der Waals surface area contributed by atoms with Gasteiger partial charge in [0.2, 0.25) is 5.60 Å². The molecular weight excluding hydrogens is 373 g/mol. The monoisotopic (exact) mass is 398 g/mol. The van der Waals surface area contributed by atoms with Gasteiger partial charge in [0.25, 0.3) is 0 Å². The van der Waals surface area contributed by atoms with Crippen LogP contribution in [0.15, 0.2) is 12.0 Å². The molecule has 2 aliphatic carbocycles. The molecule has 0 spiro atoms. The van der Waals surface area contributed by atoms with Gasteiger partial charge in [-0.05, 0) is 39.5 Å². The van der Waals surface area contributed by atoms with Gasteiger partial charge in [-0.2, -0.15) is 13.2 Å². The number of hydrogen-bond acceptors (Lipinski definition) is 5. The summed E-state index contributed by atoms with van der Waals surface area (Å²) < 4.78 is 74.7. The van der Waals surface area contributed by atoms with Crippen molar-refractivity contribution in [3.8, 4) is 0 Å². The lowest BCUT2D eigenvalue weighted by molar-refractivity contribution is -0.292. The average Bonchev–Trinajstić information content (AvgIpc) is 3.03. The molecule has 0 radical (unpaired) electrons. The van der Waals surface area contributed by atoms with E-state index in [1.54, 1.807) is 0 Å².